The smallest absolute Gasteiger partial charge is 0.0138 e. The largest absolute Gasteiger partial charge is 0.330 e. The molecular weight excluding hydrogens is 244 g/mol. The lowest BCUT2D eigenvalue weighted by Gasteiger charge is -2.47. The fourth-order valence-electron chi connectivity index (χ4n) is 4.22. The number of nitrogens with zero attached hydrogens (tertiary/aromatic N) is 1. The van der Waals surface area contributed by atoms with Gasteiger partial charge in [0.25, 0.3) is 0 Å². The molecule has 0 aromatic heterocycles. The first-order valence-electron chi connectivity index (χ1n) is 8.89. The Morgan fingerprint density at radius 1 is 1.10 bits per heavy atom. The van der Waals surface area contributed by atoms with Crippen LogP contribution in [0.4, 0.5) is 0 Å². The quantitative estimate of drug-likeness (QED) is 0.827. The molecule has 3 unspecified atom stereocenters. The van der Waals surface area contributed by atoms with E-state index >= 15 is 0 Å². The van der Waals surface area contributed by atoms with E-state index in [4.69, 9.17) is 5.73 Å². The third kappa shape index (κ3) is 3.76. The molecule has 2 heteroatoms. The van der Waals surface area contributed by atoms with Gasteiger partial charge in [-0.15, -0.1) is 0 Å². The Labute approximate surface area is 126 Å². The average molecular weight is 280 g/mol. The summed E-state index contributed by atoms with van der Waals surface area (Å²) in [7, 11) is 0. The highest BCUT2D eigenvalue weighted by Gasteiger charge is 2.38. The van der Waals surface area contributed by atoms with E-state index in [0.717, 1.165) is 30.3 Å². The van der Waals surface area contributed by atoms with Crippen molar-refractivity contribution in [1.29, 1.82) is 0 Å². The van der Waals surface area contributed by atoms with Crippen molar-refractivity contribution in [2.45, 2.75) is 72.3 Å². The maximum Gasteiger partial charge on any atom is 0.0138 e. The minimum atomic E-state index is 0.452. The molecule has 0 heterocycles. The average Bonchev–Trinajstić information content (AvgIpc) is 2.36. The molecule has 20 heavy (non-hydrogen) atoms. The Morgan fingerprint density at radius 2 is 1.80 bits per heavy atom. The third-order valence-corrected chi connectivity index (χ3v) is 6.08. The lowest BCUT2D eigenvalue weighted by atomic mass is 9.67. The molecule has 2 nitrogen and oxygen atoms in total. The molecule has 0 bridgehead atoms. The fourth-order valence-corrected chi connectivity index (χ4v) is 4.22. The van der Waals surface area contributed by atoms with Gasteiger partial charge in [0.2, 0.25) is 0 Å². The van der Waals surface area contributed by atoms with Crippen molar-refractivity contribution in [1.82, 2.24) is 4.90 Å². The second-order valence-electron chi connectivity index (χ2n) is 8.32. The van der Waals surface area contributed by atoms with Gasteiger partial charge < -0.3 is 10.6 Å². The van der Waals surface area contributed by atoms with Crippen molar-refractivity contribution in [3.8, 4) is 0 Å². The van der Waals surface area contributed by atoms with Crippen LogP contribution in [-0.2, 0) is 0 Å². The number of nitrogens with two attached hydrogens (primary N) is 1. The number of rotatable bonds is 5. The Balaban J connectivity index is 2.02. The molecule has 118 valence electrons. The second kappa shape index (κ2) is 6.79. The van der Waals surface area contributed by atoms with Crippen LogP contribution in [-0.4, -0.2) is 30.6 Å². The summed E-state index contributed by atoms with van der Waals surface area (Å²) >= 11 is 0. The van der Waals surface area contributed by atoms with E-state index in [0.29, 0.717) is 5.41 Å². The number of hydrogen-bond donors (Lipinski definition) is 1. The van der Waals surface area contributed by atoms with Crippen LogP contribution in [0, 0.1) is 23.2 Å². The van der Waals surface area contributed by atoms with Crippen LogP contribution in [0.5, 0.6) is 0 Å². The first kappa shape index (κ1) is 16.3. The molecule has 0 radical (unpaired) electrons. The highest BCUT2D eigenvalue weighted by Crippen LogP contribution is 2.42. The lowest BCUT2D eigenvalue weighted by Crippen LogP contribution is -2.50. The van der Waals surface area contributed by atoms with Gasteiger partial charge in [-0.05, 0) is 68.4 Å². The molecule has 0 aromatic rings. The highest BCUT2D eigenvalue weighted by molar-refractivity contribution is 4.91. The Hall–Kier alpha value is -0.0800. The highest BCUT2D eigenvalue weighted by atomic mass is 15.2. The van der Waals surface area contributed by atoms with Crippen molar-refractivity contribution in [3.05, 3.63) is 0 Å². The summed E-state index contributed by atoms with van der Waals surface area (Å²) in [6.45, 7) is 13.0. The van der Waals surface area contributed by atoms with Crippen LogP contribution >= 0.6 is 0 Å². The summed E-state index contributed by atoms with van der Waals surface area (Å²) in [5.41, 5.74) is 6.54. The fraction of sp³-hybridized carbons (Fsp3) is 1.00. The van der Waals surface area contributed by atoms with Gasteiger partial charge in [0.05, 0.1) is 0 Å². The van der Waals surface area contributed by atoms with Gasteiger partial charge in [-0.2, -0.15) is 0 Å². The number of hydrogen-bond acceptors (Lipinski definition) is 2. The topological polar surface area (TPSA) is 29.3 Å². The van der Waals surface area contributed by atoms with Crippen LogP contribution in [0.25, 0.3) is 0 Å². The van der Waals surface area contributed by atoms with Crippen LogP contribution < -0.4 is 5.73 Å². The zero-order valence-electron chi connectivity index (χ0n) is 14.2. The van der Waals surface area contributed by atoms with Crippen LogP contribution in [0.3, 0.4) is 0 Å². The lowest BCUT2D eigenvalue weighted by molar-refractivity contribution is 0.0313. The van der Waals surface area contributed by atoms with E-state index in [-0.39, 0.29) is 0 Å². The Morgan fingerprint density at radius 3 is 2.25 bits per heavy atom. The van der Waals surface area contributed by atoms with Gasteiger partial charge in [-0.3, -0.25) is 0 Å². The van der Waals surface area contributed by atoms with Crippen LogP contribution in [0.15, 0.2) is 0 Å². The third-order valence-electron chi connectivity index (χ3n) is 6.08. The molecule has 2 saturated carbocycles. The predicted octanol–water partition coefficient (Wildman–Crippen LogP) is 3.90. The van der Waals surface area contributed by atoms with Crippen molar-refractivity contribution >= 4 is 0 Å². The van der Waals surface area contributed by atoms with E-state index in [9.17, 15) is 0 Å². The van der Waals surface area contributed by atoms with E-state index in [1.54, 1.807) is 0 Å². The van der Waals surface area contributed by atoms with E-state index < -0.39 is 0 Å². The zero-order valence-corrected chi connectivity index (χ0v) is 14.2. The Bertz CT molecular complexity index is 290. The van der Waals surface area contributed by atoms with E-state index in [2.05, 4.69) is 32.6 Å². The van der Waals surface area contributed by atoms with Crippen molar-refractivity contribution in [3.63, 3.8) is 0 Å². The molecule has 2 aliphatic carbocycles. The summed E-state index contributed by atoms with van der Waals surface area (Å²) in [4.78, 5) is 2.78. The van der Waals surface area contributed by atoms with Crippen molar-refractivity contribution in [2.24, 2.45) is 28.9 Å². The minimum absolute atomic E-state index is 0.452. The maximum absolute atomic E-state index is 6.09. The first-order chi connectivity index (χ1) is 9.45. The predicted molar refractivity (Wildman–Crippen MR) is 87.7 cm³/mol. The first-order valence-corrected chi connectivity index (χ1v) is 8.89. The Kier molecular flexibility index (Phi) is 5.53. The second-order valence-corrected chi connectivity index (χ2v) is 8.32. The van der Waals surface area contributed by atoms with Gasteiger partial charge in [0, 0.05) is 12.6 Å². The summed E-state index contributed by atoms with van der Waals surface area (Å²) in [5.74, 6) is 2.57. The monoisotopic (exact) mass is 280 g/mol. The molecule has 2 rings (SSSR count). The van der Waals surface area contributed by atoms with E-state index in [1.165, 1.54) is 51.6 Å². The van der Waals surface area contributed by atoms with Gasteiger partial charge in [-0.1, -0.05) is 34.1 Å². The minimum Gasteiger partial charge on any atom is -0.330 e. The summed E-state index contributed by atoms with van der Waals surface area (Å²) < 4.78 is 0. The standard InChI is InChI=1S/C18H36N2/c1-5-20(13-14-7-6-8-14)17-11-16(18(2,3)4)10-9-15(17)12-19/h14-17H,5-13,19H2,1-4H3. The molecule has 0 aliphatic heterocycles. The molecule has 0 aromatic carbocycles. The molecule has 0 spiro atoms. The van der Waals surface area contributed by atoms with E-state index in [1.807, 2.05) is 0 Å². The normalized spacial score (nSPS) is 32.4. The zero-order chi connectivity index (χ0) is 14.8. The molecular formula is C18H36N2. The SMILES string of the molecule is CCN(CC1CCC1)C1CC(C(C)(C)C)CCC1CN. The van der Waals surface area contributed by atoms with Gasteiger partial charge in [0.15, 0.2) is 0 Å². The summed E-state index contributed by atoms with van der Waals surface area (Å²) in [6.07, 6.45) is 8.45. The molecule has 2 N–H and O–H groups in total. The van der Waals surface area contributed by atoms with Gasteiger partial charge in [0.1, 0.15) is 0 Å². The molecule has 2 fully saturated rings. The molecule has 3 atom stereocenters. The van der Waals surface area contributed by atoms with Crippen molar-refractivity contribution < 1.29 is 0 Å². The summed E-state index contributed by atoms with van der Waals surface area (Å²) in [5, 5.41) is 0. The van der Waals surface area contributed by atoms with Crippen LogP contribution in [0.1, 0.15) is 66.2 Å². The molecule has 2 aliphatic rings. The van der Waals surface area contributed by atoms with Crippen LogP contribution in [0.2, 0.25) is 0 Å². The molecule has 0 saturated heterocycles. The van der Waals surface area contributed by atoms with Gasteiger partial charge in [-0.25, -0.2) is 0 Å². The molecule has 0 amide bonds. The van der Waals surface area contributed by atoms with Gasteiger partial charge >= 0.3 is 0 Å². The van der Waals surface area contributed by atoms with Crippen molar-refractivity contribution in [2.75, 3.05) is 19.6 Å². The maximum atomic E-state index is 6.09. The summed E-state index contributed by atoms with van der Waals surface area (Å²) in [6, 6.07) is 0.739.